The van der Waals surface area contributed by atoms with E-state index in [9.17, 15) is 21.9 Å². The number of benzene rings is 8. The third kappa shape index (κ3) is 13.6. The predicted octanol–water partition coefficient (Wildman–Crippen LogP) is 12.5. The average Bonchev–Trinajstić information content (AvgIpc) is 3.43. The first-order chi connectivity index (χ1) is 36.4. The Kier molecular flexibility index (Phi) is 17.5. The van der Waals surface area contributed by atoms with Gasteiger partial charge in [-0.05, 0) is 163 Å². The van der Waals surface area contributed by atoms with E-state index in [2.05, 4.69) is 27.7 Å². The zero-order valence-electron chi connectivity index (χ0n) is 43.1. The molecule has 394 valence electrons. The van der Waals surface area contributed by atoms with Gasteiger partial charge in [0.1, 0.15) is 53.0 Å². The number of hydrogen-bond donors (Lipinski definition) is 2. The lowest BCUT2D eigenvalue weighted by molar-refractivity contribution is -0.0147. The van der Waals surface area contributed by atoms with Crippen LogP contribution in [-0.2, 0) is 40.0 Å². The Bertz CT molecular complexity index is 3360. The molecule has 8 aromatic carbocycles. The summed E-state index contributed by atoms with van der Waals surface area (Å²) in [7, 11) is -7.48. The van der Waals surface area contributed by atoms with Gasteiger partial charge in [0, 0.05) is 10.8 Å². The van der Waals surface area contributed by atoms with Crippen LogP contribution < -0.4 is 18.9 Å². The maximum Gasteiger partial charge on any atom is 0.206 e. The largest absolute Gasteiger partial charge is 0.491 e. The molecule has 0 saturated carbocycles. The van der Waals surface area contributed by atoms with Crippen molar-refractivity contribution in [3.8, 4) is 40.2 Å². The molecule has 8 aromatic rings. The van der Waals surface area contributed by atoms with Gasteiger partial charge in [0.05, 0.1) is 52.6 Å². The second-order valence-corrected chi connectivity index (χ2v) is 23.2. The summed E-state index contributed by atoms with van der Waals surface area (Å²) in [4.78, 5) is 0.693. The molecule has 0 aliphatic carbocycles. The minimum absolute atomic E-state index is 0.0447. The zero-order chi connectivity index (χ0) is 53.9. The highest BCUT2D eigenvalue weighted by Crippen LogP contribution is 2.37. The lowest BCUT2D eigenvalue weighted by Gasteiger charge is -2.26. The summed E-state index contributed by atoms with van der Waals surface area (Å²) >= 11 is 0. The highest BCUT2D eigenvalue weighted by atomic mass is 32.2. The summed E-state index contributed by atoms with van der Waals surface area (Å²) in [5, 5.41) is 19.0. The van der Waals surface area contributed by atoms with Crippen LogP contribution in [0.15, 0.2) is 214 Å². The van der Waals surface area contributed by atoms with Crippen LogP contribution in [0.1, 0.15) is 55.5 Å². The molecule has 0 bridgehead atoms. The number of aliphatic hydroxyl groups is 2. The zero-order valence-corrected chi connectivity index (χ0v) is 44.7. The Morgan fingerprint density at radius 3 is 0.974 bits per heavy atom. The topological polar surface area (TPSA) is 164 Å². The standard InChI is InChI=1S/C62H62O12S2/c1-44-6-30-57(31-7-44)75(65,66)58-32-24-54(25-33-58)72-52-20-12-47(13-21-52)62(4,5)48-14-22-53(23-15-48)74-56-28-36-60(37-29-56)76(67,68)59-34-26-55(27-35-59)73-51-18-10-46(11-19-51)61(2,3)45-8-16-50(17-9-45)71-43-49(64)42-70-41-40-69-39-38-63/h6-37,49,63-64H,38-43H2,1-5H3. The van der Waals surface area contributed by atoms with Gasteiger partial charge in [-0.3, -0.25) is 0 Å². The van der Waals surface area contributed by atoms with Crippen molar-refractivity contribution in [2.45, 2.75) is 71.1 Å². The number of sulfone groups is 2. The van der Waals surface area contributed by atoms with Crippen molar-refractivity contribution >= 4 is 19.7 Å². The van der Waals surface area contributed by atoms with Crippen molar-refractivity contribution in [3.63, 3.8) is 0 Å². The fourth-order valence-electron chi connectivity index (χ4n) is 8.32. The van der Waals surface area contributed by atoms with Crippen LogP contribution >= 0.6 is 0 Å². The molecule has 8 rings (SSSR count). The molecule has 0 radical (unpaired) electrons. The molecule has 0 aromatic heterocycles. The summed E-state index contributed by atoms with van der Waals surface area (Å²) in [6, 6.07) is 56.9. The molecule has 0 heterocycles. The molecular formula is C62H62O12S2. The van der Waals surface area contributed by atoms with Gasteiger partial charge in [-0.1, -0.05) is 93.9 Å². The highest BCUT2D eigenvalue weighted by molar-refractivity contribution is 7.91. The fraction of sp³-hybridized carbons (Fsp3) is 0.226. The molecule has 0 amide bonds. The number of ether oxygens (including phenoxy) is 6. The van der Waals surface area contributed by atoms with Crippen LogP contribution in [0, 0.1) is 6.92 Å². The number of aryl methyl sites for hydroxylation is 1. The van der Waals surface area contributed by atoms with E-state index in [1.807, 2.05) is 104 Å². The lowest BCUT2D eigenvalue weighted by atomic mass is 9.78. The van der Waals surface area contributed by atoms with Gasteiger partial charge < -0.3 is 38.6 Å². The minimum atomic E-state index is -3.84. The Morgan fingerprint density at radius 1 is 0.382 bits per heavy atom. The van der Waals surface area contributed by atoms with E-state index in [0.29, 0.717) is 53.5 Å². The van der Waals surface area contributed by atoms with Gasteiger partial charge in [0.25, 0.3) is 0 Å². The summed E-state index contributed by atoms with van der Waals surface area (Å²) in [5.41, 5.74) is 4.51. The molecule has 0 spiro atoms. The van der Waals surface area contributed by atoms with Crippen molar-refractivity contribution in [2.75, 3.05) is 39.6 Å². The van der Waals surface area contributed by atoms with E-state index in [0.717, 1.165) is 27.8 Å². The van der Waals surface area contributed by atoms with Crippen molar-refractivity contribution in [1.82, 2.24) is 0 Å². The molecule has 76 heavy (non-hydrogen) atoms. The molecule has 0 aliphatic heterocycles. The summed E-state index contributed by atoms with van der Waals surface area (Å²) < 4.78 is 88.1. The second-order valence-electron chi connectivity index (χ2n) is 19.3. The van der Waals surface area contributed by atoms with Crippen molar-refractivity contribution in [1.29, 1.82) is 0 Å². The van der Waals surface area contributed by atoms with Gasteiger partial charge in [0.15, 0.2) is 0 Å². The predicted molar refractivity (Wildman–Crippen MR) is 292 cm³/mol. The summed E-state index contributed by atoms with van der Waals surface area (Å²) in [6.07, 6.45) is -0.796. The minimum Gasteiger partial charge on any atom is -0.491 e. The third-order valence-electron chi connectivity index (χ3n) is 13.1. The smallest absolute Gasteiger partial charge is 0.206 e. The third-order valence-corrected chi connectivity index (χ3v) is 16.7. The van der Waals surface area contributed by atoms with Crippen LogP contribution in [0.3, 0.4) is 0 Å². The van der Waals surface area contributed by atoms with Gasteiger partial charge in [-0.2, -0.15) is 0 Å². The Hall–Kier alpha value is -7.30. The SMILES string of the molecule is Cc1ccc(S(=O)(=O)c2ccc(Oc3ccc(C(C)(C)c4ccc(Oc5ccc(S(=O)(=O)c6ccc(Oc7ccc(C(C)(C)c8ccc(OCC(O)COCCOCCO)cc8)cc7)cc6)cc5)cc4)cc3)cc2)cc1. The Labute approximate surface area is 445 Å². The first-order valence-corrected chi connectivity index (χ1v) is 27.8. The molecule has 1 unspecified atom stereocenters. The van der Waals surface area contributed by atoms with Crippen LogP contribution in [0.4, 0.5) is 0 Å². The van der Waals surface area contributed by atoms with E-state index < -0.39 is 25.8 Å². The van der Waals surface area contributed by atoms with Crippen LogP contribution in [-0.4, -0.2) is 72.8 Å². The van der Waals surface area contributed by atoms with E-state index in [1.165, 1.54) is 24.3 Å². The van der Waals surface area contributed by atoms with Gasteiger partial charge in [-0.25, -0.2) is 16.8 Å². The molecule has 1 atom stereocenters. The monoisotopic (exact) mass is 1060 g/mol. The lowest BCUT2D eigenvalue weighted by Crippen LogP contribution is -2.24. The highest BCUT2D eigenvalue weighted by Gasteiger charge is 2.26. The Morgan fingerprint density at radius 2 is 0.658 bits per heavy atom. The van der Waals surface area contributed by atoms with Crippen molar-refractivity contribution in [3.05, 3.63) is 222 Å². The van der Waals surface area contributed by atoms with Gasteiger partial charge in [0.2, 0.25) is 19.7 Å². The van der Waals surface area contributed by atoms with E-state index in [1.54, 1.807) is 72.8 Å². The maximum absolute atomic E-state index is 13.7. The first-order valence-electron chi connectivity index (χ1n) is 24.8. The molecule has 0 saturated heterocycles. The van der Waals surface area contributed by atoms with Crippen LogP contribution in [0.2, 0.25) is 0 Å². The number of hydrogen-bond acceptors (Lipinski definition) is 12. The number of aliphatic hydroxyl groups excluding tert-OH is 2. The fourth-order valence-corrected chi connectivity index (χ4v) is 10.8. The maximum atomic E-state index is 13.7. The summed E-state index contributed by atoms with van der Waals surface area (Å²) in [5.74, 6) is 3.93. The molecular weight excluding hydrogens is 1000 g/mol. The summed E-state index contributed by atoms with van der Waals surface area (Å²) in [6.45, 7) is 11.5. The Balaban J connectivity index is 0.805. The molecule has 14 heteroatoms. The second kappa shape index (κ2) is 24.1. The van der Waals surface area contributed by atoms with Gasteiger partial charge in [-0.15, -0.1) is 0 Å². The normalized spacial score (nSPS) is 12.5. The van der Waals surface area contributed by atoms with E-state index in [-0.39, 0.29) is 56.8 Å². The molecule has 0 fully saturated rings. The van der Waals surface area contributed by atoms with Gasteiger partial charge >= 0.3 is 0 Å². The van der Waals surface area contributed by atoms with Crippen molar-refractivity contribution in [2.24, 2.45) is 0 Å². The average molecular weight is 1060 g/mol. The number of rotatable bonds is 24. The van der Waals surface area contributed by atoms with Crippen molar-refractivity contribution < 1.29 is 55.5 Å². The first kappa shape index (κ1) is 54.9. The molecule has 12 nitrogen and oxygen atoms in total. The van der Waals surface area contributed by atoms with Crippen LogP contribution in [0.5, 0.6) is 40.2 Å². The quantitative estimate of drug-likeness (QED) is 0.0551. The van der Waals surface area contributed by atoms with E-state index in [4.69, 9.17) is 33.5 Å². The van der Waals surface area contributed by atoms with E-state index >= 15 is 0 Å². The molecule has 2 N–H and O–H groups in total. The van der Waals surface area contributed by atoms with Crippen LogP contribution in [0.25, 0.3) is 0 Å². The molecule has 0 aliphatic rings.